The van der Waals surface area contributed by atoms with Crippen LogP contribution in [0.15, 0.2) is 36.4 Å². The molecule has 6 heteroatoms. The van der Waals surface area contributed by atoms with Crippen LogP contribution in [0.5, 0.6) is 11.5 Å². The van der Waals surface area contributed by atoms with Crippen LogP contribution in [0, 0.1) is 0 Å². The van der Waals surface area contributed by atoms with Gasteiger partial charge in [0.25, 0.3) is 0 Å². The molecule has 122 valence electrons. The molecule has 0 bridgehead atoms. The van der Waals surface area contributed by atoms with Gasteiger partial charge >= 0.3 is 0 Å². The van der Waals surface area contributed by atoms with Gasteiger partial charge in [-0.15, -0.1) is 0 Å². The second-order valence-electron chi connectivity index (χ2n) is 4.84. The predicted octanol–water partition coefficient (Wildman–Crippen LogP) is 3.87. The molecule has 0 atom stereocenters. The van der Waals surface area contributed by atoms with Gasteiger partial charge in [0.05, 0.1) is 20.6 Å². The number of ether oxygens (including phenoxy) is 2. The summed E-state index contributed by atoms with van der Waals surface area (Å²) < 4.78 is 10.4. The van der Waals surface area contributed by atoms with Gasteiger partial charge in [-0.25, -0.2) is 0 Å². The second-order valence-corrected chi connectivity index (χ2v) is 5.66. The third-order valence-electron chi connectivity index (χ3n) is 3.34. The number of hydrogen-bond acceptors (Lipinski definition) is 3. The molecular weight excluding hydrogens is 337 g/mol. The molecule has 0 unspecified atom stereocenters. The minimum Gasteiger partial charge on any atom is -0.493 e. The third-order valence-corrected chi connectivity index (χ3v) is 4.04. The molecule has 4 nitrogen and oxygen atoms in total. The smallest absolute Gasteiger partial charge is 0.224 e. The molecule has 0 spiro atoms. The van der Waals surface area contributed by atoms with Crippen LogP contribution in [0.4, 0.5) is 0 Å². The van der Waals surface area contributed by atoms with Gasteiger partial charge in [0.2, 0.25) is 5.91 Å². The number of methoxy groups -OCH3 is 2. The van der Waals surface area contributed by atoms with Crippen LogP contribution >= 0.6 is 23.2 Å². The molecule has 23 heavy (non-hydrogen) atoms. The highest BCUT2D eigenvalue weighted by atomic mass is 35.5. The van der Waals surface area contributed by atoms with Gasteiger partial charge in [0, 0.05) is 16.6 Å². The summed E-state index contributed by atoms with van der Waals surface area (Å²) >= 11 is 12.1. The van der Waals surface area contributed by atoms with Crippen molar-refractivity contribution in [3.8, 4) is 11.5 Å². The molecule has 1 N–H and O–H groups in total. The largest absolute Gasteiger partial charge is 0.493 e. The molecule has 0 aliphatic carbocycles. The molecule has 0 aromatic heterocycles. The van der Waals surface area contributed by atoms with Crippen molar-refractivity contribution in [2.24, 2.45) is 0 Å². The maximum Gasteiger partial charge on any atom is 0.224 e. The van der Waals surface area contributed by atoms with Crippen LogP contribution in [-0.2, 0) is 17.8 Å². The average Bonchev–Trinajstić information content (AvgIpc) is 2.56. The SMILES string of the molecule is COc1ccc(CNC(=O)Cc2c(Cl)cccc2Cl)cc1OC. The molecule has 0 fully saturated rings. The van der Waals surface area contributed by atoms with E-state index in [1.807, 2.05) is 12.1 Å². The predicted molar refractivity (Wildman–Crippen MR) is 91.6 cm³/mol. The molecule has 1 amide bonds. The van der Waals surface area contributed by atoms with E-state index in [9.17, 15) is 4.79 Å². The highest BCUT2D eigenvalue weighted by Gasteiger charge is 2.11. The molecule has 0 radical (unpaired) electrons. The van der Waals surface area contributed by atoms with Crippen LogP contribution in [0.1, 0.15) is 11.1 Å². The Bertz CT molecular complexity index is 684. The van der Waals surface area contributed by atoms with Crippen molar-refractivity contribution in [2.45, 2.75) is 13.0 Å². The molecule has 0 saturated heterocycles. The van der Waals surface area contributed by atoms with Crippen LogP contribution in [0.3, 0.4) is 0 Å². The zero-order chi connectivity index (χ0) is 16.8. The number of rotatable bonds is 6. The lowest BCUT2D eigenvalue weighted by atomic mass is 10.1. The van der Waals surface area contributed by atoms with E-state index in [2.05, 4.69) is 5.32 Å². The Kier molecular flexibility index (Phi) is 6.13. The first-order chi connectivity index (χ1) is 11.0. The van der Waals surface area contributed by atoms with Crippen molar-refractivity contribution in [1.82, 2.24) is 5.32 Å². The molecular formula is C17H17Cl2NO3. The van der Waals surface area contributed by atoms with Crippen LogP contribution in [0.25, 0.3) is 0 Å². The zero-order valence-electron chi connectivity index (χ0n) is 12.9. The Morgan fingerprint density at radius 3 is 2.30 bits per heavy atom. The zero-order valence-corrected chi connectivity index (χ0v) is 14.4. The average molecular weight is 354 g/mol. The molecule has 2 rings (SSSR count). The second kappa shape index (κ2) is 8.09. The van der Waals surface area contributed by atoms with Crippen LogP contribution in [-0.4, -0.2) is 20.1 Å². The minimum absolute atomic E-state index is 0.131. The van der Waals surface area contributed by atoms with Gasteiger partial charge in [0.15, 0.2) is 11.5 Å². The van der Waals surface area contributed by atoms with Crippen molar-refractivity contribution >= 4 is 29.1 Å². The van der Waals surface area contributed by atoms with E-state index in [4.69, 9.17) is 32.7 Å². The maximum atomic E-state index is 12.1. The summed E-state index contributed by atoms with van der Waals surface area (Å²) in [6.07, 6.45) is 0.131. The number of carbonyl (C=O) groups excluding carboxylic acids is 1. The first-order valence-electron chi connectivity index (χ1n) is 6.95. The maximum absolute atomic E-state index is 12.1. The molecule has 0 aliphatic rings. The Morgan fingerprint density at radius 1 is 1.04 bits per heavy atom. The summed E-state index contributed by atoms with van der Waals surface area (Å²) in [6, 6.07) is 10.7. The highest BCUT2D eigenvalue weighted by molar-refractivity contribution is 6.36. The molecule has 0 heterocycles. The van der Waals surface area contributed by atoms with Gasteiger partial charge < -0.3 is 14.8 Å². The number of halogens is 2. The monoisotopic (exact) mass is 353 g/mol. The molecule has 2 aromatic rings. The number of carbonyl (C=O) groups is 1. The summed E-state index contributed by atoms with van der Waals surface area (Å²) in [5, 5.41) is 3.81. The topological polar surface area (TPSA) is 47.6 Å². The summed E-state index contributed by atoms with van der Waals surface area (Å²) in [7, 11) is 3.15. The Hall–Kier alpha value is -1.91. The van der Waals surface area contributed by atoms with Crippen molar-refractivity contribution in [3.63, 3.8) is 0 Å². The fourth-order valence-electron chi connectivity index (χ4n) is 2.12. The van der Waals surface area contributed by atoms with Crippen molar-refractivity contribution in [1.29, 1.82) is 0 Å². The fraction of sp³-hybridized carbons (Fsp3) is 0.235. The third kappa shape index (κ3) is 4.53. The van der Waals surface area contributed by atoms with Crippen molar-refractivity contribution in [2.75, 3.05) is 14.2 Å². The lowest BCUT2D eigenvalue weighted by Crippen LogP contribution is -2.24. The van der Waals surface area contributed by atoms with E-state index in [0.717, 1.165) is 5.56 Å². The molecule has 0 saturated carbocycles. The first-order valence-corrected chi connectivity index (χ1v) is 7.71. The van der Waals surface area contributed by atoms with Crippen LogP contribution < -0.4 is 14.8 Å². The first kappa shape index (κ1) is 17.4. The molecule has 0 aliphatic heterocycles. The van der Waals surface area contributed by atoms with E-state index in [0.29, 0.717) is 33.7 Å². The van der Waals surface area contributed by atoms with E-state index < -0.39 is 0 Å². The Morgan fingerprint density at radius 2 is 1.70 bits per heavy atom. The van der Waals surface area contributed by atoms with Crippen molar-refractivity contribution in [3.05, 3.63) is 57.6 Å². The van der Waals surface area contributed by atoms with Gasteiger partial charge in [-0.2, -0.15) is 0 Å². The van der Waals surface area contributed by atoms with Gasteiger partial charge in [-0.05, 0) is 35.4 Å². The van der Waals surface area contributed by atoms with E-state index in [1.54, 1.807) is 38.5 Å². The number of benzene rings is 2. The van der Waals surface area contributed by atoms with E-state index in [-0.39, 0.29) is 12.3 Å². The van der Waals surface area contributed by atoms with E-state index in [1.165, 1.54) is 0 Å². The van der Waals surface area contributed by atoms with Crippen molar-refractivity contribution < 1.29 is 14.3 Å². The fourth-order valence-corrected chi connectivity index (χ4v) is 2.65. The Labute approximate surface area is 145 Å². The van der Waals surface area contributed by atoms with Gasteiger partial charge in [0.1, 0.15) is 0 Å². The summed E-state index contributed by atoms with van der Waals surface area (Å²) in [5.41, 5.74) is 1.53. The minimum atomic E-state index is -0.158. The van der Waals surface area contributed by atoms with Crippen LogP contribution in [0.2, 0.25) is 10.0 Å². The normalized spacial score (nSPS) is 10.3. The highest BCUT2D eigenvalue weighted by Crippen LogP contribution is 2.27. The van der Waals surface area contributed by atoms with Gasteiger partial charge in [-0.1, -0.05) is 35.3 Å². The van der Waals surface area contributed by atoms with Gasteiger partial charge in [-0.3, -0.25) is 4.79 Å². The Balaban J connectivity index is 1.99. The number of hydrogen-bond donors (Lipinski definition) is 1. The number of nitrogens with one attached hydrogen (secondary N) is 1. The quantitative estimate of drug-likeness (QED) is 0.857. The summed E-state index contributed by atoms with van der Waals surface area (Å²) in [5.74, 6) is 1.11. The summed E-state index contributed by atoms with van der Waals surface area (Å²) in [6.45, 7) is 0.376. The standard InChI is InChI=1S/C17H17Cl2NO3/c1-22-15-7-6-11(8-16(15)23-2)10-20-17(21)9-12-13(18)4-3-5-14(12)19/h3-8H,9-10H2,1-2H3,(H,20,21). The van der Waals surface area contributed by atoms with E-state index >= 15 is 0 Å². The lowest BCUT2D eigenvalue weighted by molar-refractivity contribution is -0.120. The summed E-state index contributed by atoms with van der Waals surface area (Å²) in [4.78, 5) is 12.1. The number of amides is 1. The molecule has 2 aromatic carbocycles. The lowest BCUT2D eigenvalue weighted by Gasteiger charge is -2.11.